The maximum Gasteiger partial charge on any atom is 0.315 e. The number of hydrogen-bond donors (Lipinski definition) is 2. The first-order valence-electron chi connectivity index (χ1n) is 7.42. The highest BCUT2D eigenvalue weighted by atomic mass is 35.5. The van der Waals surface area contributed by atoms with E-state index < -0.39 is 6.04 Å². The van der Waals surface area contributed by atoms with Crippen LogP contribution in [0.25, 0.3) is 0 Å². The second-order valence-corrected chi connectivity index (χ2v) is 6.38. The molecule has 5 nitrogen and oxygen atoms in total. The number of urea groups is 1. The summed E-state index contributed by atoms with van der Waals surface area (Å²) in [5, 5.41) is 6.34. The Morgan fingerprint density at radius 3 is 2.27 bits per heavy atom. The third-order valence-electron chi connectivity index (χ3n) is 3.77. The number of hydrogen-bond acceptors (Lipinski definition) is 2. The Balaban J connectivity index is 1.98. The SMILES string of the molecule is CC(NC(=O)NC(c1ccc(Cl)cc1)C1CC1)C(=O)N(C)C. The number of rotatable bonds is 5. The lowest BCUT2D eigenvalue weighted by molar-refractivity contribution is -0.130. The highest BCUT2D eigenvalue weighted by molar-refractivity contribution is 6.30. The van der Waals surface area contributed by atoms with E-state index in [0.29, 0.717) is 10.9 Å². The van der Waals surface area contributed by atoms with Gasteiger partial charge in [-0.3, -0.25) is 4.79 Å². The van der Waals surface area contributed by atoms with Crippen LogP contribution in [0.2, 0.25) is 5.02 Å². The highest BCUT2D eigenvalue weighted by Crippen LogP contribution is 2.41. The van der Waals surface area contributed by atoms with Crippen molar-refractivity contribution in [1.82, 2.24) is 15.5 Å². The molecule has 1 saturated carbocycles. The average molecular weight is 324 g/mol. The molecule has 6 heteroatoms. The first-order valence-corrected chi connectivity index (χ1v) is 7.80. The molecule has 0 bridgehead atoms. The summed E-state index contributed by atoms with van der Waals surface area (Å²) < 4.78 is 0. The first kappa shape index (κ1) is 16.6. The number of carbonyl (C=O) groups is 2. The quantitative estimate of drug-likeness (QED) is 0.875. The number of carbonyl (C=O) groups excluding carboxylic acids is 2. The van der Waals surface area contributed by atoms with Crippen molar-refractivity contribution in [2.24, 2.45) is 5.92 Å². The molecule has 1 aliphatic rings. The molecule has 1 aromatic rings. The van der Waals surface area contributed by atoms with Crippen LogP contribution in [0.15, 0.2) is 24.3 Å². The number of halogens is 1. The molecule has 0 spiro atoms. The van der Waals surface area contributed by atoms with Gasteiger partial charge in [0.1, 0.15) is 6.04 Å². The molecule has 2 N–H and O–H groups in total. The van der Waals surface area contributed by atoms with E-state index >= 15 is 0 Å². The van der Waals surface area contributed by atoms with Crippen LogP contribution < -0.4 is 10.6 Å². The molecule has 2 rings (SSSR count). The molecule has 1 aliphatic carbocycles. The van der Waals surface area contributed by atoms with E-state index in [1.54, 1.807) is 21.0 Å². The fourth-order valence-corrected chi connectivity index (χ4v) is 2.53. The summed E-state index contributed by atoms with van der Waals surface area (Å²) >= 11 is 5.91. The molecule has 0 heterocycles. The summed E-state index contributed by atoms with van der Waals surface area (Å²) in [4.78, 5) is 25.4. The Labute approximate surface area is 136 Å². The molecule has 120 valence electrons. The fourth-order valence-electron chi connectivity index (χ4n) is 2.40. The summed E-state index contributed by atoms with van der Waals surface area (Å²) in [5.74, 6) is 0.316. The lowest BCUT2D eigenvalue weighted by Crippen LogP contribution is -2.49. The molecule has 1 aromatic carbocycles. The zero-order valence-electron chi connectivity index (χ0n) is 13.1. The number of amides is 3. The Bertz CT molecular complexity index is 541. The van der Waals surface area contributed by atoms with E-state index in [0.717, 1.165) is 18.4 Å². The molecule has 2 unspecified atom stereocenters. The zero-order valence-corrected chi connectivity index (χ0v) is 13.9. The van der Waals surface area contributed by atoms with Gasteiger partial charge < -0.3 is 15.5 Å². The Morgan fingerprint density at radius 1 is 1.18 bits per heavy atom. The smallest absolute Gasteiger partial charge is 0.315 e. The zero-order chi connectivity index (χ0) is 16.3. The van der Waals surface area contributed by atoms with Gasteiger partial charge in [-0.1, -0.05) is 23.7 Å². The molecule has 3 amide bonds. The minimum absolute atomic E-state index is 0.0427. The summed E-state index contributed by atoms with van der Waals surface area (Å²) in [6.45, 7) is 1.68. The normalized spacial score (nSPS) is 16.5. The third kappa shape index (κ3) is 4.37. The molecular weight excluding hydrogens is 302 g/mol. The fraction of sp³-hybridized carbons (Fsp3) is 0.500. The summed E-state index contributed by atoms with van der Waals surface area (Å²) in [6, 6.07) is 6.59. The van der Waals surface area contributed by atoms with Gasteiger partial charge >= 0.3 is 6.03 Å². The maximum absolute atomic E-state index is 12.1. The lowest BCUT2D eigenvalue weighted by Gasteiger charge is -2.22. The van der Waals surface area contributed by atoms with Gasteiger partial charge in [0, 0.05) is 19.1 Å². The van der Waals surface area contributed by atoms with Gasteiger partial charge in [0.05, 0.1) is 6.04 Å². The Hall–Kier alpha value is -1.75. The summed E-state index contributed by atoms with van der Waals surface area (Å²) in [7, 11) is 3.33. The van der Waals surface area contributed by atoms with Crippen LogP contribution in [0.5, 0.6) is 0 Å². The monoisotopic (exact) mass is 323 g/mol. The van der Waals surface area contributed by atoms with Crippen LogP contribution in [-0.4, -0.2) is 37.0 Å². The van der Waals surface area contributed by atoms with Gasteiger partial charge in [0.25, 0.3) is 0 Å². The van der Waals surface area contributed by atoms with E-state index in [1.807, 2.05) is 24.3 Å². The number of nitrogens with zero attached hydrogens (tertiary/aromatic N) is 1. The molecule has 0 aliphatic heterocycles. The molecule has 0 radical (unpaired) electrons. The largest absolute Gasteiger partial charge is 0.347 e. The standard InChI is InChI=1S/C16H22ClN3O2/c1-10(15(21)20(2)3)18-16(22)19-14(11-4-5-11)12-6-8-13(17)9-7-12/h6-11,14H,4-5H2,1-3H3,(H2,18,19,22). The van der Waals surface area contributed by atoms with E-state index in [4.69, 9.17) is 11.6 Å². The lowest BCUT2D eigenvalue weighted by atomic mass is 10.0. The predicted octanol–water partition coefficient (Wildman–Crippen LogP) is 2.57. The van der Waals surface area contributed by atoms with E-state index in [9.17, 15) is 9.59 Å². The summed E-state index contributed by atoms with van der Waals surface area (Å²) in [5.41, 5.74) is 1.04. The van der Waals surface area contributed by atoms with Crippen molar-refractivity contribution in [3.05, 3.63) is 34.9 Å². The number of likely N-dealkylation sites (N-methyl/N-ethyl adjacent to an activating group) is 1. The van der Waals surface area contributed by atoms with Gasteiger partial charge in [-0.15, -0.1) is 0 Å². The highest BCUT2D eigenvalue weighted by Gasteiger charge is 2.33. The van der Waals surface area contributed by atoms with Crippen molar-refractivity contribution in [2.45, 2.75) is 31.8 Å². The molecule has 2 atom stereocenters. The van der Waals surface area contributed by atoms with Gasteiger partial charge in [-0.2, -0.15) is 0 Å². The van der Waals surface area contributed by atoms with Crippen molar-refractivity contribution >= 4 is 23.5 Å². The van der Waals surface area contributed by atoms with Crippen LogP contribution in [0, 0.1) is 5.92 Å². The topological polar surface area (TPSA) is 61.4 Å². The maximum atomic E-state index is 12.1. The number of benzene rings is 1. The molecule has 1 fully saturated rings. The van der Waals surface area contributed by atoms with Gasteiger partial charge in [-0.25, -0.2) is 4.79 Å². The predicted molar refractivity (Wildman–Crippen MR) is 86.7 cm³/mol. The minimum Gasteiger partial charge on any atom is -0.347 e. The van der Waals surface area contributed by atoms with Crippen molar-refractivity contribution in [3.63, 3.8) is 0 Å². The van der Waals surface area contributed by atoms with Crippen molar-refractivity contribution in [3.8, 4) is 0 Å². The molecule has 22 heavy (non-hydrogen) atoms. The third-order valence-corrected chi connectivity index (χ3v) is 4.02. The van der Waals surface area contributed by atoms with Gasteiger partial charge in [0.15, 0.2) is 0 Å². The second-order valence-electron chi connectivity index (χ2n) is 5.94. The van der Waals surface area contributed by atoms with Crippen LogP contribution in [0.3, 0.4) is 0 Å². The van der Waals surface area contributed by atoms with Gasteiger partial charge in [0.2, 0.25) is 5.91 Å². The minimum atomic E-state index is -0.555. The second kappa shape index (κ2) is 7.01. The average Bonchev–Trinajstić information content (AvgIpc) is 3.29. The molecular formula is C16H22ClN3O2. The van der Waals surface area contributed by atoms with Crippen LogP contribution in [-0.2, 0) is 4.79 Å². The number of nitrogens with one attached hydrogen (secondary N) is 2. The van der Waals surface area contributed by atoms with Crippen LogP contribution in [0.1, 0.15) is 31.4 Å². The summed E-state index contributed by atoms with van der Waals surface area (Å²) in [6.07, 6.45) is 2.19. The first-order chi connectivity index (χ1) is 10.4. The van der Waals surface area contributed by atoms with E-state index in [-0.39, 0.29) is 18.0 Å². The van der Waals surface area contributed by atoms with Crippen molar-refractivity contribution < 1.29 is 9.59 Å². The van der Waals surface area contributed by atoms with Gasteiger partial charge in [-0.05, 0) is 43.4 Å². The Kier molecular flexibility index (Phi) is 5.29. The van der Waals surface area contributed by atoms with E-state index in [1.165, 1.54) is 4.90 Å². The Morgan fingerprint density at radius 2 is 1.77 bits per heavy atom. The van der Waals surface area contributed by atoms with Crippen LogP contribution >= 0.6 is 11.6 Å². The van der Waals surface area contributed by atoms with Crippen LogP contribution in [0.4, 0.5) is 4.79 Å². The van der Waals surface area contributed by atoms with Crippen molar-refractivity contribution in [2.75, 3.05) is 14.1 Å². The van der Waals surface area contributed by atoms with E-state index in [2.05, 4.69) is 10.6 Å². The van der Waals surface area contributed by atoms with Crippen molar-refractivity contribution in [1.29, 1.82) is 0 Å². The molecule has 0 saturated heterocycles. The molecule has 0 aromatic heterocycles.